The Bertz CT molecular complexity index is 1190. The van der Waals surface area contributed by atoms with E-state index in [4.69, 9.17) is 22.9 Å². The van der Waals surface area contributed by atoms with Gasteiger partial charge in [-0.25, -0.2) is 4.79 Å². The number of nitrogens with two attached hydrogens (primary N) is 4. The molecule has 3 amide bonds. The van der Waals surface area contributed by atoms with E-state index in [1.807, 2.05) is 60.7 Å². The Morgan fingerprint density at radius 1 is 0.698 bits per heavy atom. The lowest BCUT2D eigenvalue weighted by atomic mass is 10.0. The van der Waals surface area contributed by atoms with Crippen molar-refractivity contribution in [1.29, 1.82) is 0 Å². The highest BCUT2D eigenvalue weighted by Gasteiger charge is 2.30. The monoisotopic (exact) mass is 596 g/mol. The third-order valence-electron chi connectivity index (χ3n) is 6.69. The second-order valence-corrected chi connectivity index (χ2v) is 10.2. The number of guanidine groups is 1. The molecule has 0 saturated heterocycles. The van der Waals surface area contributed by atoms with Gasteiger partial charge in [0, 0.05) is 13.0 Å². The van der Waals surface area contributed by atoms with E-state index in [9.17, 15) is 24.3 Å². The van der Waals surface area contributed by atoms with E-state index in [0.717, 1.165) is 11.1 Å². The number of nitrogens with one attached hydrogen (secondary N) is 3. The van der Waals surface area contributed by atoms with Crippen molar-refractivity contribution in [3.63, 3.8) is 0 Å². The van der Waals surface area contributed by atoms with E-state index in [1.54, 1.807) is 0 Å². The van der Waals surface area contributed by atoms with E-state index >= 15 is 0 Å². The van der Waals surface area contributed by atoms with Crippen LogP contribution < -0.4 is 38.9 Å². The fraction of sp³-hybridized carbons (Fsp3) is 0.433. The van der Waals surface area contributed by atoms with Gasteiger partial charge in [-0.2, -0.15) is 0 Å². The Balaban J connectivity index is 2.22. The first-order chi connectivity index (χ1) is 20.6. The zero-order valence-electron chi connectivity index (χ0n) is 24.3. The summed E-state index contributed by atoms with van der Waals surface area (Å²) >= 11 is 0. The van der Waals surface area contributed by atoms with Crippen LogP contribution in [0.1, 0.15) is 43.2 Å². The summed E-state index contributed by atoms with van der Waals surface area (Å²) in [7, 11) is 0. The molecule has 2 aromatic carbocycles. The smallest absolute Gasteiger partial charge is 0.326 e. The molecule has 0 unspecified atom stereocenters. The number of benzene rings is 2. The maximum atomic E-state index is 13.6. The molecule has 0 heterocycles. The van der Waals surface area contributed by atoms with Gasteiger partial charge in [-0.15, -0.1) is 0 Å². The first-order valence-corrected chi connectivity index (χ1v) is 14.3. The third kappa shape index (κ3) is 13.4. The number of aliphatic imine (C=N–C) groups is 1. The molecule has 0 fully saturated rings. The normalized spacial score (nSPS) is 13.5. The fourth-order valence-corrected chi connectivity index (χ4v) is 4.37. The van der Waals surface area contributed by atoms with Crippen LogP contribution in [0.25, 0.3) is 0 Å². The van der Waals surface area contributed by atoms with Crippen LogP contribution in [0.5, 0.6) is 0 Å². The van der Waals surface area contributed by atoms with Gasteiger partial charge in [-0.05, 0) is 56.2 Å². The van der Waals surface area contributed by atoms with Crippen LogP contribution in [0, 0.1) is 0 Å². The first kappa shape index (κ1) is 34.7. The lowest BCUT2D eigenvalue weighted by Gasteiger charge is -2.25. The van der Waals surface area contributed by atoms with Crippen molar-refractivity contribution in [3.8, 4) is 0 Å². The molecule has 0 bridgehead atoms. The Morgan fingerprint density at radius 2 is 1.21 bits per heavy atom. The number of hydrogen-bond donors (Lipinski definition) is 8. The standard InChI is InChI=1S/C30H44N8O5/c31-16-8-7-14-24(29(42)43)37-27(40)23(15-9-17-35-30(33)34)36-28(41)25(19-21-12-5-2-6-13-21)38-26(39)22(32)18-20-10-3-1-4-11-20/h1-6,10-13,22-25H,7-9,14-19,31-32H2,(H,36,41)(H,37,40)(H,38,39)(H,42,43)(H4,33,34,35)/t22-,23-,24-,25-/m0/s1. The van der Waals surface area contributed by atoms with Gasteiger partial charge in [0.2, 0.25) is 17.7 Å². The molecule has 2 rings (SSSR count). The van der Waals surface area contributed by atoms with E-state index in [0.29, 0.717) is 25.8 Å². The fourth-order valence-electron chi connectivity index (χ4n) is 4.37. The molecule has 0 aliphatic rings. The SMILES string of the molecule is NCCCC[C@H](NC(=O)[C@H](CCCN=C(N)N)NC(=O)[C@H](Cc1ccccc1)NC(=O)[C@@H](N)Cc1ccccc1)C(=O)O. The van der Waals surface area contributed by atoms with Gasteiger partial charge in [0.05, 0.1) is 6.04 Å². The molecule has 12 N–H and O–H groups in total. The number of carboxylic acids is 1. The van der Waals surface area contributed by atoms with Gasteiger partial charge < -0.3 is 44.0 Å². The summed E-state index contributed by atoms with van der Waals surface area (Å²) in [6.45, 7) is 0.590. The lowest BCUT2D eigenvalue weighted by Crippen LogP contribution is -2.57. The van der Waals surface area contributed by atoms with Crippen molar-refractivity contribution in [1.82, 2.24) is 16.0 Å². The maximum Gasteiger partial charge on any atom is 0.326 e. The lowest BCUT2D eigenvalue weighted by molar-refractivity contribution is -0.142. The number of rotatable bonds is 19. The van der Waals surface area contributed by atoms with Gasteiger partial charge in [0.1, 0.15) is 18.1 Å². The minimum atomic E-state index is -1.20. The van der Waals surface area contributed by atoms with Crippen molar-refractivity contribution in [2.45, 2.75) is 69.1 Å². The minimum absolute atomic E-state index is 0.114. The summed E-state index contributed by atoms with van der Waals surface area (Å²) in [5.41, 5.74) is 24.1. The predicted molar refractivity (Wildman–Crippen MR) is 165 cm³/mol. The number of carbonyl (C=O) groups excluding carboxylic acids is 3. The maximum absolute atomic E-state index is 13.6. The molecule has 0 spiro atoms. The Hall–Kier alpha value is -4.49. The molecular formula is C30H44N8O5. The number of aliphatic carboxylic acids is 1. The summed E-state index contributed by atoms with van der Waals surface area (Å²) < 4.78 is 0. The molecule has 13 heteroatoms. The Kier molecular flexibility index (Phi) is 15.2. The van der Waals surface area contributed by atoms with Crippen LogP contribution in [-0.4, -0.2) is 72.0 Å². The van der Waals surface area contributed by atoms with Crippen molar-refractivity contribution in [3.05, 3.63) is 71.8 Å². The number of carbonyl (C=O) groups is 4. The van der Waals surface area contributed by atoms with Crippen molar-refractivity contribution in [2.24, 2.45) is 27.9 Å². The number of unbranched alkanes of at least 4 members (excludes halogenated alkanes) is 1. The zero-order valence-corrected chi connectivity index (χ0v) is 24.3. The van der Waals surface area contributed by atoms with Gasteiger partial charge in [-0.1, -0.05) is 60.7 Å². The van der Waals surface area contributed by atoms with Crippen LogP contribution in [0.4, 0.5) is 0 Å². The van der Waals surface area contributed by atoms with Crippen LogP contribution in [0.3, 0.4) is 0 Å². The quantitative estimate of drug-likeness (QED) is 0.0592. The van der Waals surface area contributed by atoms with E-state index in [2.05, 4.69) is 20.9 Å². The Labute approximate surface area is 251 Å². The zero-order chi connectivity index (χ0) is 31.6. The van der Waals surface area contributed by atoms with E-state index in [-0.39, 0.29) is 38.2 Å². The molecule has 0 aromatic heterocycles. The summed E-state index contributed by atoms with van der Waals surface area (Å²) in [4.78, 5) is 55.7. The highest BCUT2D eigenvalue weighted by molar-refractivity contribution is 5.94. The van der Waals surface area contributed by atoms with E-state index < -0.39 is 47.9 Å². The molecule has 43 heavy (non-hydrogen) atoms. The van der Waals surface area contributed by atoms with Crippen LogP contribution in [0.15, 0.2) is 65.7 Å². The molecule has 0 aliphatic carbocycles. The van der Waals surface area contributed by atoms with Crippen molar-refractivity contribution >= 4 is 29.7 Å². The molecular weight excluding hydrogens is 552 g/mol. The van der Waals surface area contributed by atoms with E-state index in [1.165, 1.54) is 0 Å². The molecule has 0 saturated carbocycles. The van der Waals surface area contributed by atoms with Gasteiger partial charge in [0.15, 0.2) is 5.96 Å². The molecule has 13 nitrogen and oxygen atoms in total. The third-order valence-corrected chi connectivity index (χ3v) is 6.69. The second kappa shape index (κ2) is 18.8. The topological polar surface area (TPSA) is 241 Å². The first-order valence-electron chi connectivity index (χ1n) is 14.3. The van der Waals surface area contributed by atoms with Crippen LogP contribution >= 0.6 is 0 Å². The van der Waals surface area contributed by atoms with Crippen LogP contribution in [-0.2, 0) is 32.0 Å². The minimum Gasteiger partial charge on any atom is -0.480 e. The largest absolute Gasteiger partial charge is 0.480 e. The molecule has 0 radical (unpaired) electrons. The second-order valence-electron chi connectivity index (χ2n) is 10.2. The molecule has 0 aliphatic heterocycles. The van der Waals surface area contributed by atoms with Crippen molar-refractivity contribution < 1.29 is 24.3 Å². The number of nitrogens with zero attached hydrogens (tertiary/aromatic N) is 1. The highest BCUT2D eigenvalue weighted by atomic mass is 16.4. The molecule has 234 valence electrons. The average molecular weight is 597 g/mol. The van der Waals surface area contributed by atoms with Crippen molar-refractivity contribution in [2.75, 3.05) is 13.1 Å². The highest BCUT2D eigenvalue weighted by Crippen LogP contribution is 2.09. The Morgan fingerprint density at radius 3 is 1.77 bits per heavy atom. The summed E-state index contributed by atoms with van der Waals surface area (Å²) in [6, 6.07) is 14.1. The summed E-state index contributed by atoms with van der Waals surface area (Å²) in [6.07, 6.45) is 2.12. The number of amides is 3. The summed E-state index contributed by atoms with van der Waals surface area (Å²) in [5.74, 6) is -3.14. The predicted octanol–water partition coefficient (Wildman–Crippen LogP) is -0.479. The number of carboxylic acid groups (broad SMARTS) is 1. The van der Waals surface area contributed by atoms with Crippen LogP contribution in [0.2, 0.25) is 0 Å². The van der Waals surface area contributed by atoms with Gasteiger partial charge in [0.25, 0.3) is 0 Å². The number of hydrogen-bond acceptors (Lipinski definition) is 7. The van der Waals surface area contributed by atoms with Gasteiger partial charge in [-0.3, -0.25) is 19.4 Å². The molecule has 2 aromatic rings. The summed E-state index contributed by atoms with van der Waals surface area (Å²) in [5, 5.41) is 17.6. The average Bonchev–Trinajstić information content (AvgIpc) is 2.98. The van der Waals surface area contributed by atoms with Gasteiger partial charge >= 0.3 is 5.97 Å². The molecule has 4 atom stereocenters.